The first-order chi connectivity index (χ1) is 15.8. The lowest BCUT2D eigenvalue weighted by atomic mass is 10.1. The molecule has 9 nitrogen and oxygen atoms in total. The number of rotatable bonds is 6. The average Bonchev–Trinajstić information content (AvgIpc) is 3.30. The Morgan fingerprint density at radius 3 is 2.48 bits per heavy atom. The zero-order chi connectivity index (χ0) is 24.0. The molecule has 174 valence electrons. The first-order valence-electron chi connectivity index (χ1n) is 9.82. The van der Waals surface area contributed by atoms with Gasteiger partial charge in [-0.25, -0.2) is 5.84 Å². The fraction of sp³-hybridized carbons (Fsp3) is 0.238. The van der Waals surface area contributed by atoms with Crippen molar-refractivity contribution < 1.29 is 14.4 Å². The summed E-state index contributed by atoms with van der Waals surface area (Å²) in [5.41, 5.74) is 12.6. The quantitative estimate of drug-likeness (QED) is 0.103. The van der Waals surface area contributed by atoms with Gasteiger partial charge in [0.1, 0.15) is 0 Å². The van der Waals surface area contributed by atoms with Gasteiger partial charge in [-0.2, -0.15) is 5.12 Å². The standard InChI is InChI=1S/C15H16ClN5O2S.C6H7NOS/c16-7-10-8-24-12-6-11(22)20(12)13(10)14(17)19-21(18)15(23)9-4-2-1-3-5-9;7-6(8)4-5-2-1-3-9-5/h1-5,12H,6-8,18H2,(H2,17,19);1-3H,4H2,(H2,7,8)/t12-;/m1./s1. The molecule has 12 heteroatoms. The van der Waals surface area contributed by atoms with E-state index in [1.54, 1.807) is 58.3 Å². The van der Waals surface area contributed by atoms with E-state index in [9.17, 15) is 14.4 Å². The molecule has 0 aliphatic carbocycles. The van der Waals surface area contributed by atoms with E-state index in [4.69, 9.17) is 28.9 Å². The Hall–Kier alpha value is -2.86. The average molecular weight is 507 g/mol. The van der Waals surface area contributed by atoms with Gasteiger partial charge in [0.05, 0.1) is 23.9 Å². The smallest absolute Gasteiger partial charge is 0.288 e. The van der Waals surface area contributed by atoms with Crippen LogP contribution < -0.4 is 17.3 Å². The number of halogens is 1. The minimum Gasteiger partial charge on any atom is -0.380 e. The lowest BCUT2D eigenvalue weighted by molar-refractivity contribution is -0.138. The zero-order valence-electron chi connectivity index (χ0n) is 17.5. The lowest BCUT2D eigenvalue weighted by Gasteiger charge is -2.45. The summed E-state index contributed by atoms with van der Waals surface area (Å²) < 4.78 is 0. The summed E-state index contributed by atoms with van der Waals surface area (Å²) in [4.78, 5) is 37.0. The van der Waals surface area contributed by atoms with E-state index in [-0.39, 0.29) is 28.9 Å². The number of benzene rings is 1. The maximum Gasteiger partial charge on any atom is 0.288 e. The number of hydrogen-bond acceptors (Lipinski definition) is 7. The number of alkyl halides is 1. The molecular weight excluding hydrogens is 484 g/mol. The summed E-state index contributed by atoms with van der Waals surface area (Å²) in [6.45, 7) is 0. The van der Waals surface area contributed by atoms with Gasteiger partial charge < -0.3 is 11.5 Å². The van der Waals surface area contributed by atoms with Gasteiger partial charge in [0.15, 0.2) is 5.84 Å². The van der Waals surface area contributed by atoms with Crippen molar-refractivity contribution in [1.82, 2.24) is 10.0 Å². The number of primary amides is 1. The molecule has 33 heavy (non-hydrogen) atoms. The van der Waals surface area contributed by atoms with Gasteiger partial charge in [0.25, 0.3) is 5.91 Å². The number of carbonyl (C=O) groups is 3. The second kappa shape index (κ2) is 11.3. The molecule has 0 unspecified atom stereocenters. The van der Waals surface area contributed by atoms with Crippen LogP contribution in [-0.2, 0) is 16.0 Å². The predicted octanol–water partition coefficient (Wildman–Crippen LogP) is 1.85. The van der Waals surface area contributed by atoms with Crippen LogP contribution in [0.2, 0.25) is 0 Å². The van der Waals surface area contributed by atoms with Gasteiger partial charge >= 0.3 is 0 Å². The Morgan fingerprint density at radius 2 is 1.91 bits per heavy atom. The second-order valence-electron chi connectivity index (χ2n) is 7.04. The normalized spacial score (nSPS) is 17.5. The van der Waals surface area contributed by atoms with E-state index in [0.717, 1.165) is 10.5 Å². The fourth-order valence-electron chi connectivity index (χ4n) is 3.14. The molecule has 2 aliphatic rings. The third-order valence-electron chi connectivity index (χ3n) is 4.71. The number of nitrogens with zero attached hydrogens (tertiary/aromatic N) is 3. The SMILES string of the molecule is N/C(=N\N(N)C(=O)c1ccccc1)C1=C(CCl)CS[C@@H]2CC(=O)N12.NC(=O)Cc1cccs1. The molecule has 1 saturated heterocycles. The fourth-order valence-corrected chi connectivity index (χ4v) is 5.45. The van der Waals surface area contributed by atoms with Crippen molar-refractivity contribution in [3.8, 4) is 0 Å². The summed E-state index contributed by atoms with van der Waals surface area (Å²) in [5, 5.41) is 6.62. The van der Waals surface area contributed by atoms with E-state index in [1.807, 2.05) is 17.5 Å². The first kappa shape index (κ1) is 24.8. The molecule has 2 aliphatic heterocycles. The van der Waals surface area contributed by atoms with Crippen molar-refractivity contribution in [1.29, 1.82) is 0 Å². The van der Waals surface area contributed by atoms with E-state index < -0.39 is 5.91 Å². The van der Waals surface area contributed by atoms with Gasteiger partial charge in [-0.15, -0.1) is 39.8 Å². The van der Waals surface area contributed by atoms with Crippen molar-refractivity contribution in [2.24, 2.45) is 22.4 Å². The van der Waals surface area contributed by atoms with Crippen LogP contribution in [-0.4, -0.2) is 50.6 Å². The number of hydrazone groups is 1. The molecule has 1 aromatic carbocycles. The van der Waals surface area contributed by atoms with Crippen LogP contribution in [0.15, 0.2) is 64.2 Å². The molecule has 1 aromatic heterocycles. The van der Waals surface area contributed by atoms with Crippen LogP contribution in [0.25, 0.3) is 0 Å². The van der Waals surface area contributed by atoms with E-state index >= 15 is 0 Å². The third kappa shape index (κ3) is 6.14. The van der Waals surface area contributed by atoms with Gasteiger partial charge in [-0.3, -0.25) is 19.3 Å². The molecule has 3 heterocycles. The van der Waals surface area contributed by atoms with Crippen molar-refractivity contribution in [2.45, 2.75) is 18.2 Å². The number of fused-ring (bicyclic) bond motifs is 1. The predicted molar refractivity (Wildman–Crippen MR) is 131 cm³/mol. The number of hydrazine groups is 1. The third-order valence-corrected chi connectivity index (χ3v) is 7.18. The lowest BCUT2D eigenvalue weighted by Crippen LogP contribution is -2.55. The molecule has 1 atom stereocenters. The van der Waals surface area contributed by atoms with Gasteiger partial charge in [-0.1, -0.05) is 24.3 Å². The van der Waals surface area contributed by atoms with Crippen LogP contribution in [0.4, 0.5) is 0 Å². The van der Waals surface area contributed by atoms with Crippen molar-refractivity contribution >= 4 is 58.3 Å². The molecule has 0 spiro atoms. The van der Waals surface area contributed by atoms with Gasteiger partial charge in [0, 0.05) is 22.1 Å². The van der Waals surface area contributed by atoms with E-state index in [2.05, 4.69) is 5.10 Å². The number of nitrogens with two attached hydrogens (primary N) is 3. The zero-order valence-corrected chi connectivity index (χ0v) is 19.9. The highest BCUT2D eigenvalue weighted by atomic mass is 35.5. The summed E-state index contributed by atoms with van der Waals surface area (Å²) in [6, 6.07) is 12.3. The van der Waals surface area contributed by atoms with E-state index in [0.29, 0.717) is 35.0 Å². The van der Waals surface area contributed by atoms with Gasteiger partial charge in [-0.05, 0) is 29.2 Å². The summed E-state index contributed by atoms with van der Waals surface area (Å²) in [7, 11) is 0. The molecule has 2 aromatic rings. The molecule has 6 N–H and O–H groups in total. The Balaban J connectivity index is 0.000000286. The van der Waals surface area contributed by atoms with Crippen LogP contribution in [0.1, 0.15) is 21.7 Å². The largest absolute Gasteiger partial charge is 0.380 e. The van der Waals surface area contributed by atoms with Gasteiger partial charge in [0.2, 0.25) is 11.8 Å². The minimum absolute atomic E-state index is 0.00998. The number of thioether (sulfide) groups is 1. The molecule has 0 bridgehead atoms. The van der Waals surface area contributed by atoms with Crippen molar-refractivity contribution in [2.75, 3.05) is 11.6 Å². The highest BCUT2D eigenvalue weighted by molar-refractivity contribution is 8.00. The Kier molecular flexibility index (Phi) is 8.50. The summed E-state index contributed by atoms with van der Waals surface area (Å²) >= 11 is 9.15. The number of β-lactam (4-membered cyclic amide) rings is 1. The van der Waals surface area contributed by atoms with Crippen LogP contribution in [0.3, 0.4) is 0 Å². The van der Waals surface area contributed by atoms with Crippen LogP contribution in [0, 0.1) is 0 Å². The monoisotopic (exact) mass is 506 g/mol. The van der Waals surface area contributed by atoms with Crippen molar-refractivity contribution in [3.63, 3.8) is 0 Å². The molecular formula is C21H23ClN6O3S2. The summed E-state index contributed by atoms with van der Waals surface area (Å²) in [5.74, 6) is 5.83. The second-order valence-corrected chi connectivity index (χ2v) is 9.51. The topological polar surface area (TPSA) is 148 Å². The molecule has 3 amide bonds. The number of hydrogen-bond donors (Lipinski definition) is 3. The Bertz CT molecular complexity index is 1070. The first-order valence-corrected chi connectivity index (χ1v) is 12.3. The van der Waals surface area contributed by atoms with Crippen LogP contribution >= 0.6 is 34.7 Å². The van der Waals surface area contributed by atoms with Crippen molar-refractivity contribution in [3.05, 3.63) is 69.6 Å². The summed E-state index contributed by atoms with van der Waals surface area (Å²) in [6.07, 6.45) is 0.837. The van der Waals surface area contributed by atoms with E-state index in [1.165, 1.54) is 0 Å². The molecule has 4 rings (SSSR count). The Labute approximate surface area is 204 Å². The number of thiophene rings is 1. The maximum atomic E-state index is 12.2. The molecule has 0 radical (unpaired) electrons. The highest BCUT2D eigenvalue weighted by Crippen LogP contribution is 2.40. The molecule has 1 fully saturated rings. The Morgan fingerprint density at radius 1 is 1.18 bits per heavy atom. The number of amides is 3. The minimum atomic E-state index is -0.497. The van der Waals surface area contributed by atoms with Crippen LogP contribution in [0.5, 0.6) is 0 Å². The number of amidine groups is 1. The molecule has 0 saturated carbocycles. The number of carbonyl (C=O) groups excluding carboxylic acids is 3. The maximum absolute atomic E-state index is 12.2. The highest BCUT2D eigenvalue weighted by Gasteiger charge is 2.44.